The standard InChI is InChI=1S/C16H23N3O3/c1-3-19(11-14-8-5-9-22-14)16(21)18-13-7-4-6-12(10-13)15(20)17-2/h4,6-7,10,14H,3,5,8-9,11H2,1-2H3,(H,17,20)(H,18,21)/t14-/m1/s1. The van der Waals surface area contributed by atoms with Crippen molar-refractivity contribution in [3.8, 4) is 0 Å². The van der Waals surface area contributed by atoms with Crippen molar-refractivity contribution in [1.82, 2.24) is 10.2 Å². The van der Waals surface area contributed by atoms with Gasteiger partial charge in [0.15, 0.2) is 0 Å². The number of nitrogens with one attached hydrogen (secondary N) is 2. The van der Waals surface area contributed by atoms with Crippen LogP contribution in [0.3, 0.4) is 0 Å². The second kappa shape index (κ2) is 7.79. The highest BCUT2D eigenvalue weighted by atomic mass is 16.5. The molecule has 1 saturated heterocycles. The van der Waals surface area contributed by atoms with Gasteiger partial charge in [-0.2, -0.15) is 0 Å². The van der Waals surface area contributed by atoms with E-state index in [-0.39, 0.29) is 18.0 Å². The number of amides is 3. The van der Waals surface area contributed by atoms with E-state index in [1.165, 1.54) is 0 Å². The Morgan fingerprint density at radius 3 is 2.86 bits per heavy atom. The van der Waals surface area contributed by atoms with Gasteiger partial charge in [-0.15, -0.1) is 0 Å². The summed E-state index contributed by atoms with van der Waals surface area (Å²) in [6.07, 6.45) is 2.18. The number of hydrogen-bond donors (Lipinski definition) is 2. The second-order valence-corrected chi connectivity index (χ2v) is 5.26. The summed E-state index contributed by atoms with van der Waals surface area (Å²) in [5.41, 5.74) is 1.12. The van der Waals surface area contributed by atoms with Crippen LogP contribution in [0, 0.1) is 0 Å². The molecule has 0 spiro atoms. The van der Waals surface area contributed by atoms with Crippen molar-refractivity contribution in [1.29, 1.82) is 0 Å². The lowest BCUT2D eigenvalue weighted by Crippen LogP contribution is -2.40. The summed E-state index contributed by atoms with van der Waals surface area (Å²) >= 11 is 0. The minimum atomic E-state index is -0.178. The van der Waals surface area contributed by atoms with Crippen molar-refractivity contribution in [3.05, 3.63) is 29.8 Å². The molecule has 1 atom stereocenters. The van der Waals surface area contributed by atoms with E-state index in [0.717, 1.165) is 19.4 Å². The average Bonchev–Trinajstić information content (AvgIpc) is 3.05. The Labute approximate surface area is 130 Å². The average molecular weight is 305 g/mol. The van der Waals surface area contributed by atoms with Gasteiger partial charge in [0.2, 0.25) is 0 Å². The molecule has 1 aromatic carbocycles. The van der Waals surface area contributed by atoms with E-state index in [2.05, 4.69) is 10.6 Å². The molecule has 6 heteroatoms. The number of carbonyl (C=O) groups excluding carboxylic acids is 2. The largest absolute Gasteiger partial charge is 0.376 e. The first-order chi connectivity index (χ1) is 10.6. The number of anilines is 1. The predicted octanol–water partition coefficient (Wildman–Crippen LogP) is 2.08. The molecule has 1 aliphatic rings. The topological polar surface area (TPSA) is 70.7 Å². The molecule has 1 aromatic rings. The SMILES string of the molecule is CCN(C[C@H]1CCCO1)C(=O)Nc1cccc(C(=O)NC)c1. The maximum Gasteiger partial charge on any atom is 0.321 e. The molecule has 0 unspecified atom stereocenters. The fraction of sp³-hybridized carbons (Fsp3) is 0.500. The van der Waals surface area contributed by atoms with Crippen LogP contribution >= 0.6 is 0 Å². The molecule has 0 aliphatic carbocycles. The first-order valence-electron chi connectivity index (χ1n) is 7.63. The number of benzene rings is 1. The van der Waals surface area contributed by atoms with Gasteiger partial charge in [0.05, 0.1) is 6.10 Å². The van der Waals surface area contributed by atoms with Gasteiger partial charge in [-0.3, -0.25) is 4.79 Å². The number of nitrogens with zero attached hydrogens (tertiary/aromatic N) is 1. The number of ether oxygens (including phenoxy) is 1. The minimum absolute atomic E-state index is 0.128. The van der Waals surface area contributed by atoms with Crippen LogP contribution in [0.15, 0.2) is 24.3 Å². The Kier molecular flexibility index (Phi) is 5.77. The van der Waals surface area contributed by atoms with Crippen LogP contribution in [0.1, 0.15) is 30.1 Å². The van der Waals surface area contributed by atoms with Crippen LogP contribution in [0.2, 0.25) is 0 Å². The molecule has 1 heterocycles. The third-order valence-corrected chi connectivity index (χ3v) is 3.72. The van der Waals surface area contributed by atoms with Crippen LogP contribution in [0.5, 0.6) is 0 Å². The predicted molar refractivity (Wildman–Crippen MR) is 85.1 cm³/mol. The smallest absolute Gasteiger partial charge is 0.321 e. The van der Waals surface area contributed by atoms with Crippen molar-refractivity contribution in [2.75, 3.05) is 32.1 Å². The van der Waals surface area contributed by atoms with Crippen LogP contribution in [0.25, 0.3) is 0 Å². The Hall–Kier alpha value is -2.08. The van der Waals surface area contributed by atoms with Crippen molar-refractivity contribution in [3.63, 3.8) is 0 Å². The van der Waals surface area contributed by atoms with Crippen LogP contribution in [-0.4, -0.2) is 49.7 Å². The molecule has 0 radical (unpaired) electrons. The molecule has 6 nitrogen and oxygen atoms in total. The van der Waals surface area contributed by atoms with E-state index in [1.807, 2.05) is 6.92 Å². The fourth-order valence-electron chi connectivity index (χ4n) is 2.47. The number of hydrogen-bond acceptors (Lipinski definition) is 3. The van der Waals surface area contributed by atoms with E-state index < -0.39 is 0 Å². The maximum absolute atomic E-state index is 12.3. The fourth-order valence-corrected chi connectivity index (χ4v) is 2.47. The quantitative estimate of drug-likeness (QED) is 0.875. The van der Waals surface area contributed by atoms with Gasteiger partial charge in [-0.1, -0.05) is 6.07 Å². The Balaban J connectivity index is 1.98. The van der Waals surface area contributed by atoms with Crippen LogP contribution < -0.4 is 10.6 Å². The molecule has 0 bridgehead atoms. The highest BCUT2D eigenvalue weighted by Crippen LogP contribution is 2.15. The first kappa shape index (κ1) is 16.3. The lowest BCUT2D eigenvalue weighted by Gasteiger charge is -2.24. The third-order valence-electron chi connectivity index (χ3n) is 3.72. The molecule has 1 fully saturated rings. The van der Waals surface area contributed by atoms with Crippen molar-refractivity contribution in [2.24, 2.45) is 0 Å². The molecular formula is C16H23N3O3. The maximum atomic E-state index is 12.3. The van der Waals surface area contributed by atoms with E-state index in [1.54, 1.807) is 36.2 Å². The normalized spacial score (nSPS) is 17.1. The Morgan fingerprint density at radius 2 is 2.23 bits per heavy atom. The molecule has 22 heavy (non-hydrogen) atoms. The van der Waals surface area contributed by atoms with Gasteiger partial charge in [0.25, 0.3) is 5.91 Å². The first-order valence-corrected chi connectivity index (χ1v) is 7.63. The Morgan fingerprint density at radius 1 is 1.41 bits per heavy atom. The molecule has 0 aromatic heterocycles. The Bertz CT molecular complexity index is 527. The minimum Gasteiger partial charge on any atom is -0.376 e. The second-order valence-electron chi connectivity index (χ2n) is 5.26. The summed E-state index contributed by atoms with van der Waals surface area (Å²) in [5.74, 6) is -0.178. The molecule has 120 valence electrons. The van der Waals surface area contributed by atoms with Gasteiger partial charge < -0.3 is 20.3 Å². The van der Waals surface area contributed by atoms with E-state index in [0.29, 0.717) is 24.3 Å². The summed E-state index contributed by atoms with van der Waals surface area (Å²) in [5, 5.41) is 5.40. The third kappa shape index (κ3) is 4.21. The van der Waals surface area contributed by atoms with Gasteiger partial charge in [0.1, 0.15) is 0 Å². The van der Waals surface area contributed by atoms with Crippen LogP contribution in [0.4, 0.5) is 10.5 Å². The molecule has 1 aliphatic heterocycles. The zero-order valence-electron chi connectivity index (χ0n) is 13.1. The highest BCUT2D eigenvalue weighted by Gasteiger charge is 2.21. The summed E-state index contributed by atoms with van der Waals surface area (Å²) < 4.78 is 5.58. The summed E-state index contributed by atoms with van der Waals surface area (Å²) in [6.45, 7) is 3.92. The summed E-state index contributed by atoms with van der Waals surface area (Å²) in [7, 11) is 1.58. The van der Waals surface area contributed by atoms with Crippen molar-refractivity contribution < 1.29 is 14.3 Å². The number of urea groups is 1. The van der Waals surface area contributed by atoms with Gasteiger partial charge in [-0.25, -0.2) is 4.79 Å². The zero-order chi connectivity index (χ0) is 15.9. The van der Waals surface area contributed by atoms with E-state index in [9.17, 15) is 9.59 Å². The van der Waals surface area contributed by atoms with Gasteiger partial charge in [0, 0.05) is 38.0 Å². The lowest BCUT2D eigenvalue weighted by atomic mass is 10.2. The number of rotatable bonds is 5. The molecular weight excluding hydrogens is 282 g/mol. The van der Waals surface area contributed by atoms with Crippen molar-refractivity contribution >= 4 is 17.6 Å². The van der Waals surface area contributed by atoms with Gasteiger partial charge in [-0.05, 0) is 38.0 Å². The van der Waals surface area contributed by atoms with Gasteiger partial charge >= 0.3 is 6.03 Å². The number of likely N-dealkylation sites (N-methyl/N-ethyl adjacent to an activating group) is 1. The summed E-state index contributed by atoms with van der Waals surface area (Å²) in [6, 6.07) is 6.71. The molecule has 2 N–H and O–H groups in total. The van der Waals surface area contributed by atoms with E-state index in [4.69, 9.17) is 4.74 Å². The molecule has 2 rings (SSSR count). The zero-order valence-corrected chi connectivity index (χ0v) is 13.1. The highest BCUT2D eigenvalue weighted by molar-refractivity contribution is 5.96. The van der Waals surface area contributed by atoms with E-state index >= 15 is 0 Å². The summed E-state index contributed by atoms with van der Waals surface area (Å²) in [4.78, 5) is 25.7. The monoisotopic (exact) mass is 305 g/mol. The number of carbonyl (C=O) groups is 2. The van der Waals surface area contributed by atoms with Crippen molar-refractivity contribution in [2.45, 2.75) is 25.9 Å². The molecule has 0 saturated carbocycles. The lowest BCUT2D eigenvalue weighted by molar-refractivity contribution is 0.0849. The molecule has 3 amide bonds. The van der Waals surface area contributed by atoms with Crippen LogP contribution in [-0.2, 0) is 4.74 Å².